The predicted molar refractivity (Wildman–Crippen MR) is 87.3 cm³/mol. The van der Waals surface area contributed by atoms with Gasteiger partial charge in [0, 0.05) is 0 Å². The highest BCUT2D eigenvalue weighted by Gasteiger charge is 2.20. The third kappa shape index (κ3) is 4.24. The van der Waals surface area contributed by atoms with Crippen LogP contribution in [0.3, 0.4) is 0 Å². The average Bonchev–Trinajstić information content (AvgIpc) is 2.49. The van der Waals surface area contributed by atoms with Crippen molar-refractivity contribution < 1.29 is 5.02 Å². The standard InChI is InChI=1S/C18H23BO/c1-15(17-9-5-3-6-10-17)13-19(20)14-16(2)18-11-7-4-8-12-18/h3-12,15-16,20H,13-14H2,1-2H3. The first kappa shape index (κ1) is 14.9. The molecule has 0 aliphatic heterocycles. The van der Waals surface area contributed by atoms with E-state index in [1.807, 2.05) is 12.1 Å². The summed E-state index contributed by atoms with van der Waals surface area (Å²) in [5.74, 6) is 0.795. The maximum absolute atomic E-state index is 10.3. The lowest BCUT2D eigenvalue weighted by molar-refractivity contribution is 0.547. The van der Waals surface area contributed by atoms with Crippen LogP contribution >= 0.6 is 0 Å². The van der Waals surface area contributed by atoms with Crippen LogP contribution in [0.25, 0.3) is 0 Å². The van der Waals surface area contributed by atoms with Crippen LogP contribution < -0.4 is 0 Å². The molecule has 0 saturated heterocycles. The van der Waals surface area contributed by atoms with Gasteiger partial charge in [-0.1, -0.05) is 74.5 Å². The summed E-state index contributed by atoms with van der Waals surface area (Å²) < 4.78 is 0. The molecule has 2 heteroatoms. The van der Waals surface area contributed by atoms with Gasteiger partial charge in [0.1, 0.15) is 0 Å². The van der Waals surface area contributed by atoms with Crippen molar-refractivity contribution in [3.63, 3.8) is 0 Å². The SMILES string of the molecule is CC(CB(O)CC(C)c1ccccc1)c1ccccc1. The van der Waals surface area contributed by atoms with Gasteiger partial charge in [-0.2, -0.15) is 0 Å². The minimum absolute atomic E-state index is 0.250. The van der Waals surface area contributed by atoms with Gasteiger partial charge in [-0.05, 0) is 35.6 Å². The molecule has 0 aliphatic carbocycles. The van der Waals surface area contributed by atoms with Crippen molar-refractivity contribution in [1.82, 2.24) is 0 Å². The lowest BCUT2D eigenvalue weighted by atomic mass is 9.55. The Morgan fingerprint density at radius 1 is 0.750 bits per heavy atom. The second-order valence-corrected chi connectivity index (χ2v) is 5.75. The molecule has 104 valence electrons. The van der Waals surface area contributed by atoms with Gasteiger partial charge in [0.25, 0.3) is 6.92 Å². The van der Waals surface area contributed by atoms with Gasteiger partial charge in [-0.15, -0.1) is 0 Å². The molecule has 0 amide bonds. The Kier molecular flexibility index (Phi) is 5.43. The molecule has 2 unspecified atom stereocenters. The largest absolute Gasteiger partial charge is 0.450 e. The van der Waals surface area contributed by atoms with Crippen molar-refractivity contribution in [3.05, 3.63) is 71.8 Å². The summed E-state index contributed by atoms with van der Waals surface area (Å²) >= 11 is 0. The van der Waals surface area contributed by atoms with E-state index in [4.69, 9.17) is 0 Å². The van der Waals surface area contributed by atoms with Gasteiger partial charge in [-0.3, -0.25) is 0 Å². The molecule has 0 saturated carbocycles. The van der Waals surface area contributed by atoms with E-state index in [1.54, 1.807) is 0 Å². The van der Waals surface area contributed by atoms with E-state index in [0.717, 1.165) is 12.6 Å². The zero-order valence-corrected chi connectivity index (χ0v) is 12.4. The number of benzene rings is 2. The third-order valence-corrected chi connectivity index (χ3v) is 3.99. The topological polar surface area (TPSA) is 20.2 Å². The predicted octanol–water partition coefficient (Wildman–Crippen LogP) is 4.58. The smallest absolute Gasteiger partial charge is 0.290 e. The summed E-state index contributed by atoms with van der Waals surface area (Å²) in [7, 11) is 0. The van der Waals surface area contributed by atoms with E-state index >= 15 is 0 Å². The zero-order chi connectivity index (χ0) is 14.4. The Morgan fingerprint density at radius 3 is 1.45 bits per heavy atom. The Labute approximate surface area is 122 Å². The van der Waals surface area contributed by atoms with Crippen molar-refractivity contribution in [2.75, 3.05) is 0 Å². The molecule has 2 rings (SSSR count). The maximum Gasteiger partial charge on any atom is 0.290 e. The highest BCUT2D eigenvalue weighted by atomic mass is 16.2. The van der Waals surface area contributed by atoms with E-state index in [0.29, 0.717) is 11.8 Å². The third-order valence-electron chi connectivity index (χ3n) is 3.99. The summed E-state index contributed by atoms with van der Waals surface area (Å²) in [6, 6.07) is 20.9. The summed E-state index contributed by atoms with van der Waals surface area (Å²) in [4.78, 5) is 0. The molecule has 0 aliphatic rings. The zero-order valence-electron chi connectivity index (χ0n) is 12.4. The normalized spacial score (nSPS) is 13.8. The van der Waals surface area contributed by atoms with Crippen LogP contribution in [0, 0.1) is 0 Å². The molecule has 0 spiro atoms. The van der Waals surface area contributed by atoms with Gasteiger partial charge < -0.3 is 5.02 Å². The molecule has 0 aromatic heterocycles. The Hall–Kier alpha value is -1.54. The van der Waals surface area contributed by atoms with Crippen LogP contribution in [0.4, 0.5) is 0 Å². The molecule has 2 aromatic rings. The van der Waals surface area contributed by atoms with Crippen molar-refractivity contribution in [2.45, 2.75) is 38.3 Å². The van der Waals surface area contributed by atoms with E-state index in [-0.39, 0.29) is 6.92 Å². The first-order valence-electron chi connectivity index (χ1n) is 7.44. The monoisotopic (exact) mass is 266 g/mol. The van der Waals surface area contributed by atoms with E-state index in [9.17, 15) is 5.02 Å². The first-order chi connectivity index (χ1) is 9.66. The maximum atomic E-state index is 10.3. The van der Waals surface area contributed by atoms with Crippen molar-refractivity contribution in [1.29, 1.82) is 0 Å². The summed E-state index contributed by atoms with van der Waals surface area (Å²) in [6.45, 7) is 4.12. The number of hydrogen-bond acceptors (Lipinski definition) is 1. The summed E-state index contributed by atoms with van der Waals surface area (Å²) in [5.41, 5.74) is 2.61. The molecule has 0 bridgehead atoms. The number of hydrogen-bond donors (Lipinski definition) is 1. The highest BCUT2D eigenvalue weighted by molar-refractivity contribution is 6.50. The molecular weight excluding hydrogens is 243 g/mol. The molecule has 0 heterocycles. The Bertz CT molecular complexity index is 450. The second-order valence-electron chi connectivity index (χ2n) is 5.75. The van der Waals surface area contributed by atoms with Gasteiger partial charge in [0.05, 0.1) is 0 Å². The van der Waals surface area contributed by atoms with Crippen molar-refractivity contribution >= 4 is 6.92 Å². The number of rotatable bonds is 6. The van der Waals surface area contributed by atoms with Crippen LogP contribution in [0.5, 0.6) is 0 Å². The van der Waals surface area contributed by atoms with Crippen molar-refractivity contribution in [3.8, 4) is 0 Å². The lowest BCUT2D eigenvalue weighted by Gasteiger charge is -2.18. The van der Waals surface area contributed by atoms with Crippen LogP contribution in [-0.2, 0) is 0 Å². The molecule has 0 fully saturated rings. The molecular formula is C18H23BO. The average molecular weight is 266 g/mol. The summed E-state index contributed by atoms with van der Waals surface area (Å²) in [5, 5.41) is 10.3. The van der Waals surface area contributed by atoms with E-state index < -0.39 is 0 Å². The molecule has 1 N–H and O–H groups in total. The van der Waals surface area contributed by atoms with Gasteiger partial charge >= 0.3 is 0 Å². The van der Waals surface area contributed by atoms with Gasteiger partial charge in [0.15, 0.2) is 0 Å². The van der Waals surface area contributed by atoms with Gasteiger partial charge in [-0.25, -0.2) is 0 Å². The quantitative estimate of drug-likeness (QED) is 0.759. The van der Waals surface area contributed by atoms with Crippen molar-refractivity contribution in [2.24, 2.45) is 0 Å². The van der Waals surface area contributed by atoms with Crippen LogP contribution in [0.2, 0.25) is 12.6 Å². The van der Waals surface area contributed by atoms with Crippen LogP contribution in [0.15, 0.2) is 60.7 Å². The first-order valence-corrected chi connectivity index (χ1v) is 7.44. The van der Waals surface area contributed by atoms with Gasteiger partial charge in [0.2, 0.25) is 0 Å². The Morgan fingerprint density at radius 2 is 1.10 bits per heavy atom. The van der Waals surface area contributed by atoms with E-state index in [1.165, 1.54) is 11.1 Å². The molecule has 2 aromatic carbocycles. The molecule has 1 nitrogen and oxygen atoms in total. The lowest BCUT2D eigenvalue weighted by Crippen LogP contribution is -2.17. The Balaban J connectivity index is 1.88. The summed E-state index contributed by atoms with van der Waals surface area (Å²) in [6.07, 6.45) is 1.64. The highest BCUT2D eigenvalue weighted by Crippen LogP contribution is 2.26. The second kappa shape index (κ2) is 7.30. The fourth-order valence-corrected chi connectivity index (χ4v) is 2.75. The molecule has 2 atom stereocenters. The fourth-order valence-electron chi connectivity index (χ4n) is 2.75. The minimum atomic E-state index is -0.250. The minimum Gasteiger partial charge on any atom is -0.450 e. The molecule has 0 radical (unpaired) electrons. The molecule has 20 heavy (non-hydrogen) atoms. The fraction of sp³-hybridized carbons (Fsp3) is 0.333. The van der Waals surface area contributed by atoms with Crippen LogP contribution in [0.1, 0.15) is 36.8 Å². The van der Waals surface area contributed by atoms with E-state index in [2.05, 4.69) is 62.4 Å². The van der Waals surface area contributed by atoms with Crippen LogP contribution in [-0.4, -0.2) is 11.9 Å².